The lowest BCUT2D eigenvalue weighted by Gasteiger charge is -2.11. The van der Waals surface area contributed by atoms with E-state index in [-0.39, 0.29) is 0 Å². The third kappa shape index (κ3) is 3.17. The average Bonchev–Trinajstić information content (AvgIpc) is 2.75. The molecule has 0 saturated heterocycles. The lowest BCUT2D eigenvalue weighted by molar-refractivity contribution is 0.361. The molecule has 0 bridgehead atoms. The molecule has 1 radical (unpaired) electrons. The van der Waals surface area contributed by atoms with Crippen LogP contribution in [0.4, 0.5) is 0 Å². The van der Waals surface area contributed by atoms with Gasteiger partial charge in [-0.1, -0.05) is 45.7 Å². The fourth-order valence-electron chi connectivity index (χ4n) is 2.78. The highest BCUT2D eigenvalue weighted by Crippen LogP contribution is 2.39. The second kappa shape index (κ2) is 6.88. The van der Waals surface area contributed by atoms with Gasteiger partial charge in [-0.2, -0.15) is 0 Å². The Hall–Kier alpha value is -0.970. The zero-order valence-electron chi connectivity index (χ0n) is 12.6. The van der Waals surface area contributed by atoms with Gasteiger partial charge in [0.25, 0.3) is 0 Å². The molecule has 0 amide bonds. The van der Waals surface area contributed by atoms with Crippen molar-refractivity contribution >= 4 is 54.4 Å². The van der Waals surface area contributed by atoms with E-state index in [1.807, 2.05) is 24.3 Å². The summed E-state index contributed by atoms with van der Waals surface area (Å²) >= 11 is 13.5. The number of aromatic nitrogens is 1. The first-order chi connectivity index (χ1) is 11.0. The standard InChI is InChI=1S/C18H15Br2ClNO/c1-3-23-18-11(2)22(10-12-6-4-5-7-15(12)19)17-14(18)8-13(21)9-16(17)20/h4-9H,1,3,10H2,2H3. The van der Waals surface area contributed by atoms with Crippen LogP contribution < -0.4 is 4.74 Å². The van der Waals surface area contributed by atoms with Gasteiger partial charge < -0.3 is 9.30 Å². The smallest absolute Gasteiger partial charge is 0.147 e. The summed E-state index contributed by atoms with van der Waals surface area (Å²) in [4.78, 5) is 0. The van der Waals surface area contributed by atoms with Crippen molar-refractivity contribution in [3.8, 4) is 5.75 Å². The highest BCUT2D eigenvalue weighted by Gasteiger charge is 2.19. The Morgan fingerprint density at radius 1 is 1.17 bits per heavy atom. The van der Waals surface area contributed by atoms with Crippen molar-refractivity contribution in [2.24, 2.45) is 0 Å². The molecule has 119 valence electrons. The van der Waals surface area contributed by atoms with Gasteiger partial charge in [0.1, 0.15) is 5.75 Å². The molecule has 1 heterocycles. The largest absolute Gasteiger partial charge is 0.491 e. The number of ether oxygens (including phenoxy) is 1. The molecule has 0 saturated carbocycles. The third-order valence-corrected chi connectivity index (χ3v) is 5.41. The van der Waals surface area contributed by atoms with Crippen molar-refractivity contribution in [1.82, 2.24) is 4.57 Å². The van der Waals surface area contributed by atoms with E-state index in [0.29, 0.717) is 11.6 Å². The van der Waals surface area contributed by atoms with Crippen molar-refractivity contribution < 1.29 is 4.74 Å². The van der Waals surface area contributed by atoms with E-state index in [4.69, 9.17) is 16.3 Å². The second-order valence-electron chi connectivity index (χ2n) is 5.22. The highest BCUT2D eigenvalue weighted by molar-refractivity contribution is 9.11. The fourth-order valence-corrected chi connectivity index (χ4v) is 4.21. The first kappa shape index (κ1) is 16.9. The molecule has 3 aromatic rings. The maximum atomic E-state index is 6.23. The van der Waals surface area contributed by atoms with E-state index < -0.39 is 0 Å². The SMILES string of the molecule is [CH2]COc1c(C)n(Cc2ccccc2Br)c2c(Br)cc(Cl)cc12. The van der Waals surface area contributed by atoms with Gasteiger partial charge >= 0.3 is 0 Å². The molecule has 0 spiro atoms. The fraction of sp³-hybridized carbons (Fsp3) is 0.167. The van der Waals surface area contributed by atoms with E-state index in [1.165, 1.54) is 5.56 Å². The van der Waals surface area contributed by atoms with E-state index in [9.17, 15) is 0 Å². The van der Waals surface area contributed by atoms with Crippen molar-refractivity contribution in [3.63, 3.8) is 0 Å². The van der Waals surface area contributed by atoms with Gasteiger partial charge in [-0.05, 0) is 53.5 Å². The van der Waals surface area contributed by atoms with Crippen molar-refractivity contribution in [1.29, 1.82) is 0 Å². The van der Waals surface area contributed by atoms with Crippen LogP contribution in [0.15, 0.2) is 45.3 Å². The normalized spacial score (nSPS) is 11.2. The second-order valence-corrected chi connectivity index (χ2v) is 7.37. The van der Waals surface area contributed by atoms with Crippen molar-refractivity contribution in [3.05, 3.63) is 68.5 Å². The van der Waals surface area contributed by atoms with Crippen LogP contribution in [0.5, 0.6) is 5.75 Å². The lowest BCUT2D eigenvalue weighted by atomic mass is 10.2. The molecule has 0 fully saturated rings. The van der Waals surface area contributed by atoms with Crippen LogP contribution in [0.3, 0.4) is 0 Å². The molecule has 0 aliphatic heterocycles. The van der Waals surface area contributed by atoms with Crippen LogP contribution >= 0.6 is 43.5 Å². The first-order valence-corrected chi connectivity index (χ1v) is 9.12. The average molecular weight is 457 g/mol. The molecule has 0 aliphatic rings. The van der Waals surface area contributed by atoms with Crippen LogP contribution in [-0.2, 0) is 6.54 Å². The van der Waals surface area contributed by atoms with Crippen LogP contribution in [0.1, 0.15) is 11.3 Å². The zero-order valence-corrected chi connectivity index (χ0v) is 16.5. The van der Waals surface area contributed by atoms with Crippen LogP contribution in [0.25, 0.3) is 10.9 Å². The quantitative estimate of drug-likeness (QED) is 0.444. The number of rotatable bonds is 4. The Balaban J connectivity index is 2.24. The molecule has 0 unspecified atom stereocenters. The Bertz CT molecular complexity index is 873. The highest BCUT2D eigenvalue weighted by atomic mass is 79.9. The van der Waals surface area contributed by atoms with Gasteiger partial charge in [0.05, 0.1) is 17.8 Å². The minimum atomic E-state index is 0.374. The van der Waals surface area contributed by atoms with E-state index >= 15 is 0 Å². The van der Waals surface area contributed by atoms with Gasteiger partial charge in [0.2, 0.25) is 0 Å². The van der Waals surface area contributed by atoms with E-state index in [1.54, 1.807) is 0 Å². The van der Waals surface area contributed by atoms with Gasteiger partial charge in [0.15, 0.2) is 0 Å². The summed E-state index contributed by atoms with van der Waals surface area (Å²) in [7, 11) is 0. The topological polar surface area (TPSA) is 14.2 Å². The third-order valence-electron chi connectivity index (χ3n) is 3.81. The summed E-state index contributed by atoms with van der Waals surface area (Å²) in [6.07, 6.45) is 0. The Morgan fingerprint density at radius 3 is 2.61 bits per heavy atom. The Kier molecular flexibility index (Phi) is 5.04. The number of hydrogen-bond donors (Lipinski definition) is 0. The summed E-state index contributed by atoms with van der Waals surface area (Å²) in [5, 5.41) is 1.67. The number of nitrogens with zero attached hydrogens (tertiary/aromatic N) is 1. The monoisotopic (exact) mass is 454 g/mol. The predicted octanol–water partition coefficient (Wildman–Crippen LogP) is 6.39. The summed E-state index contributed by atoms with van der Waals surface area (Å²) in [6, 6.07) is 12.1. The first-order valence-electron chi connectivity index (χ1n) is 7.16. The molecule has 0 aliphatic carbocycles. The molecule has 2 nitrogen and oxygen atoms in total. The summed E-state index contributed by atoms with van der Waals surface area (Å²) in [5.41, 5.74) is 3.34. The number of halogens is 3. The minimum Gasteiger partial charge on any atom is -0.491 e. The van der Waals surface area contributed by atoms with Crippen LogP contribution in [-0.4, -0.2) is 11.2 Å². The maximum absolute atomic E-state index is 6.23. The molecule has 23 heavy (non-hydrogen) atoms. The van der Waals surface area contributed by atoms with Gasteiger partial charge in [-0.3, -0.25) is 0 Å². The summed E-state index contributed by atoms with van der Waals surface area (Å²) < 4.78 is 10.1. The van der Waals surface area contributed by atoms with Gasteiger partial charge in [0, 0.05) is 25.9 Å². The van der Waals surface area contributed by atoms with Crippen molar-refractivity contribution in [2.75, 3.05) is 6.61 Å². The van der Waals surface area contributed by atoms with Crippen LogP contribution in [0.2, 0.25) is 5.02 Å². The number of benzene rings is 2. The van der Waals surface area contributed by atoms with E-state index in [2.05, 4.69) is 62.4 Å². The Labute approximate surface area is 157 Å². The van der Waals surface area contributed by atoms with Crippen molar-refractivity contribution in [2.45, 2.75) is 13.5 Å². The molecule has 5 heteroatoms. The molecule has 0 atom stereocenters. The lowest BCUT2D eigenvalue weighted by Crippen LogP contribution is -2.03. The minimum absolute atomic E-state index is 0.374. The molecule has 0 N–H and O–H groups in total. The zero-order chi connectivity index (χ0) is 16.6. The molecular formula is C18H15Br2ClNO. The van der Waals surface area contributed by atoms with Crippen LogP contribution in [0, 0.1) is 13.8 Å². The number of fused-ring (bicyclic) bond motifs is 1. The molecule has 1 aromatic heterocycles. The predicted molar refractivity (Wildman–Crippen MR) is 103 cm³/mol. The Morgan fingerprint density at radius 2 is 1.91 bits per heavy atom. The number of hydrogen-bond acceptors (Lipinski definition) is 1. The molecule has 3 rings (SSSR count). The van der Waals surface area contributed by atoms with Gasteiger partial charge in [-0.25, -0.2) is 0 Å². The van der Waals surface area contributed by atoms with Gasteiger partial charge in [-0.15, -0.1) is 0 Å². The summed E-state index contributed by atoms with van der Waals surface area (Å²) in [5.74, 6) is 0.838. The van der Waals surface area contributed by atoms with E-state index in [0.717, 1.165) is 37.8 Å². The maximum Gasteiger partial charge on any atom is 0.147 e. The summed E-state index contributed by atoms with van der Waals surface area (Å²) in [6.45, 7) is 6.97. The molecule has 2 aromatic carbocycles. The molecular weight excluding hydrogens is 441 g/mol.